The maximum Gasteiger partial charge on any atom is 0.224 e. The van der Waals surface area contributed by atoms with Crippen LogP contribution in [0.5, 0.6) is 0 Å². The molecule has 1 aromatic rings. The Hall–Kier alpha value is -0.920. The van der Waals surface area contributed by atoms with Crippen LogP contribution in [0.4, 0.5) is 11.8 Å². The number of hydrogen-bond donors (Lipinski definition) is 2. The molecule has 0 atom stereocenters. The zero-order chi connectivity index (χ0) is 11.4. The highest BCUT2D eigenvalue weighted by Gasteiger charge is 2.12. The summed E-state index contributed by atoms with van der Waals surface area (Å²) >= 11 is 3.41. The number of nitrogens with zero attached hydrogens (tertiary/aromatic N) is 3. The van der Waals surface area contributed by atoms with E-state index in [9.17, 15) is 0 Å². The van der Waals surface area contributed by atoms with Gasteiger partial charge in [0.2, 0.25) is 5.95 Å². The van der Waals surface area contributed by atoms with Crippen molar-refractivity contribution in [2.24, 2.45) is 0 Å². The fraction of sp³-hybridized carbons (Fsp3) is 0.556. The van der Waals surface area contributed by atoms with E-state index in [0.29, 0.717) is 5.95 Å². The third-order valence-corrected chi connectivity index (χ3v) is 2.82. The Kier molecular flexibility index (Phi) is 3.92. The molecule has 1 aromatic heterocycles. The van der Waals surface area contributed by atoms with Crippen LogP contribution in [0, 0.1) is 0 Å². The first-order chi connectivity index (χ1) is 7.79. The molecule has 0 aliphatic carbocycles. The second-order valence-electron chi connectivity index (χ2n) is 3.35. The van der Waals surface area contributed by atoms with Gasteiger partial charge in [0.1, 0.15) is 0 Å². The highest BCUT2D eigenvalue weighted by atomic mass is 79.9. The molecule has 0 aromatic carbocycles. The molecule has 0 bridgehead atoms. The summed E-state index contributed by atoms with van der Waals surface area (Å²) in [7, 11) is 1.79. The van der Waals surface area contributed by atoms with E-state index in [1.807, 2.05) is 0 Å². The molecule has 1 aliphatic heterocycles. The predicted octanol–water partition coefficient (Wildman–Crippen LogP) is 0.940. The number of morpholine rings is 1. The monoisotopic (exact) mass is 287 g/mol. The van der Waals surface area contributed by atoms with Crippen LogP contribution in [0.15, 0.2) is 10.7 Å². The lowest BCUT2D eigenvalue weighted by atomic mass is 10.5. The Morgan fingerprint density at radius 2 is 2.19 bits per heavy atom. The molecular formula is C9H14BrN5O. The number of aromatic nitrogens is 2. The van der Waals surface area contributed by atoms with Crippen molar-refractivity contribution in [1.29, 1.82) is 0 Å². The third-order valence-electron chi connectivity index (χ3n) is 2.24. The fourth-order valence-corrected chi connectivity index (χ4v) is 1.67. The van der Waals surface area contributed by atoms with Crippen LogP contribution >= 0.6 is 15.9 Å². The number of anilines is 2. The van der Waals surface area contributed by atoms with Crippen LogP contribution in [0.25, 0.3) is 0 Å². The van der Waals surface area contributed by atoms with Gasteiger partial charge in [-0.15, -0.1) is 0 Å². The van der Waals surface area contributed by atoms with Crippen molar-refractivity contribution in [3.8, 4) is 0 Å². The minimum absolute atomic E-state index is 0.596. The van der Waals surface area contributed by atoms with Gasteiger partial charge >= 0.3 is 0 Å². The normalized spacial score (nSPS) is 17.1. The Balaban J connectivity index is 2.06. The summed E-state index contributed by atoms with van der Waals surface area (Å²) in [6.45, 7) is 3.19. The lowest BCUT2D eigenvalue weighted by Crippen LogP contribution is -2.40. The maximum absolute atomic E-state index is 5.27. The Bertz CT molecular complexity index is 356. The third kappa shape index (κ3) is 2.81. The van der Waals surface area contributed by atoms with Crippen molar-refractivity contribution in [1.82, 2.24) is 15.0 Å². The van der Waals surface area contributed by atoms with E-state index in [2.05, 4.69) is 41.6 Å². The van der Waals surface area contributed by atoms with Crippen molar-refractivity contribution < 1.29 is 4.74 Å². The van der Waals surface area contributed by atoms with Gasteiger partial charge < -0.3 is 15.5 Å². The molecule has 2 N–H and O–H groups in total. The molecule has 16 heavy (non-hydrogen) atoms. The van der Waals surface area contributed by atoms with Gasteiger partial charge in [-0.1, -0.05) is 0 Å². The van der Waals surface area contributed by atoms with Crippen molar-refractivity contribution in [3.63, 3.8) is 0 Å². The van der Waals surface area contributed by atoms with Crippen LogP contribution < -0.4 is 10.7 Å². The Labute approximate surface area is 103 Å². The van der Waals surface area contributed by atoms with E-state index in [0.717, 1.165) is 36.6 Å². The average Bonchev–Trinajstić information content (AvgIpc) is 2.33. The second kappa shape index (κ2) is 5.42. The summed E-state index contributed by atoms with van der Waals surface area (Å²) in [4.78, 5) is 8.42. The van der Waals surface area contributed by atoms with Crippen LogP contribution in [0.2, 0.25) is 0 Å². The predicted molar refractivity (Wildman–Crippen MR) is 65.3 cm³/mol. The molecule has 0 amide bonds. The standard InChI is InChI=1S/C9H14BrN5O/c1-11-9-12-6-7(10)8(13-9)14-15-2-4-16-5-3-15/h6H,2-5H2,1H3,(H2,11,12,13,14). The van der Waals surface area contributed by atoms with Crippen molar-refractivity contribution in [2.45, 2.75) is 0 Å². The van der Waals surface area contributed by atoms with Gasteiger partial charge in [-0.05, 0) is 15.9 Å². The van der Waals surface area contributed by atoms with E-state index in [1.165, 1.54) is 0 Å². The van der Waals surface area contributed by atoms with Gasteiger partial charge in [0, 0.05) is 26.3 Å². The smallest absolute Gasteiger partial charge is 0.224 e. The van der Waals surface area contributed by atoms with Crippen LogP contribution in [-0.2, 0) is 4.74 Å². The molecule has 2 rings (SSSR count). The van der Waals surface area contributed by atoms with E-state index in [4.69, 9.17) is 4.74 Å². The highest BCUT2D eigenvalue weighted by Crippen LogP contribution is 2.20. The molecule has 1 saturated heterocycles. The van der Waals surface area contributed by atoms with Crippen molar-refractivity contribution in [3.05, 3.63) is 10.7 Å². The van der Waals surface area contributed by atoms with Gasteiger partial charge in [-0.2, -0.15) is 4.98 Å². The van der Waals surface area contributed by atoms with Gasteiger partial charge in [0.25, 0.3) is 0 Å². The number of rotatable bonds is 3. The van der Waals surface area contributed by atoms with Crippen LogP contribution in [0.1, 0.15) is 0 Å². The van der Waals surface area contributed by atoms with E-state index >= 15 is 0 Å². The second-order valence-corrected chi connectivity index (χ2v) is 4.21. The first-order valence-corrected chi connectivity index (χ1v) is 5.88. The average molecular weight is 288 g/mol. The van der Waals surface area contributed by atoms with Crippen molar-refractivity contribution >= 4 is 27.7 Å². The zero-order valence-corrected chi connectivity index (χ0v) is 10.6. The largest absolute Gasteiger partial charge is 0.379 e. The van der Waals surface area contributed by atoms with E-state index in [1.54, 1.807) is 13.2 Å². The fourth-order valence-electron chi connectivity index (χ4n) is 1.39. The lowest BCUT2D eigenvalue weighted by molar-refractivity contribution is 0.0494. The summed E-state index contributed by atoms with van der Waals surface area (Å²) in [6.07, 6.45) is 1.72. The quantitative estimate of drug-likeness (QED) is 0.863. The van der Waals surface area contributed by atoms with Crippen LogP contribution in [-0.4, -0.2) is 48.3 Å². The molecule has 6 nitrogen and oxygen atoms in total. The summed E-state index contributed by atoms with van der Waals surface area (Å²) in [5, 5.41) is 4.98. The number of ether oxygens (including phenoxy) is 1. The van der Waals surface area contributed by atoms with Gasteiger partial charge in [-0.3, -0.25) is 0 Å². The molecule has 1 aliphatic rings. The lowest BCUT2D eigenvalue weighted by Gasteiger charge is -2.27. The summed E-state index contributed by atoms with van der Waals surface area (Å²) < 4.78 is 6.12. The molecule has 0 saturated carbocycles. The number of hydrogen-bond acceptors (Lipinski definition) is 6. The summed E-state index contributed by atoms with van der Waals surface area (Å²) in [5.74, 6) is 1.36. The molecule has 1 fully saturated rings. The van der Waals surface area contributed by atoms with E-state index < -0.39 is 0 Å². The maximum atomic E-state index is 5.27. The first-order valence-electron chi connectivity index (χ1n) is 5.09. The molecule has 0 radical (unpaired) electrons. The number of nitrogens with one attached hydrogen (secondary N) is 2. The molecule has 0 spiro atoms. The van der Waals surface area contributed by atoms with Crippen LogP contribution in [0.3, 0.4) is 0 Å². The molecule has 7 heteroatoms. The summed E-state index contributed by atoms with van der Waals surface area (Å²) in [5.41, 5.74) is 3.24. The minimum Gasteiger partial charge on any atom is -0.379 e. The molecular weight excluding hydrogens is 274 g/mol. The minimum atomic E-state index is 0.596. The molecule has 88 valence electrons. The number of hydrazine groups is 1. The molecule has 0 unspecified atom stereocenters. The van der Waals surface area contributed by atoms with Gasteiger partial charge in [0.05, 0.1) is 17.7 Å². The summed E-state index contributed by atoms with van der Waals surface area (Å²) in [6, 6.07) is 0. The van der Waals surface area contributed by atoms with Gasteiger partial charge in [0.15, 0.2) is 5.82 Å². The van der Waals surface area contributed by atoms with Crippen molar-refractivity contribution in [2.75, 3.05) is 44.1 Å². The Morgan fingerprint density at radius 3 is 2.88 bits per heavy atom. The Morgan fingerprint density at radius 1 is 1.44 bits per heavy atom. The molecule has 2 heterocycles. The topological polar surface area (TPSA) is 62.3 Å². The van der Waals surface area contributed by atoms with E-state index in [-0.39, 0.29) is 0 Å². The number of halogens is 1. The first kappa shape index (κ1) is 11.6. The zero-order valence-electron chi connectivity index (χ0n) is 9.03. The SMILES string of the molecule is CNc1ncc(Br)c(NN2CCOCC2)n1. The van der Waals surface area contributed by atoms with Gasteiger partial charge in [-0.25, -0.2) is 9.99 Å². The highest BCUT2D eigenvalue weighted by molar-refractivity contribution is 9.10.